The lowest BCUT2D eigenvalue weighted by molar-refractivity contribution is -0.149. The number of likely N-dealkylation sites (tertiary alicyclic amines) is 2. The van der Waals surface area contributed by atoms with Crippen molar-refractivity contribution in [3.8, 4) is 0 Å². The molecule has 2 heterocycles. The number of carbonyl (C=O) groups is 2. The minimum Gasteiger partial charge on any atom is -0.466 e. The second-order valence-electron chi connectivity index (χ2n) is 7.76. The molecule has 2 aliphatic heterocycles. The van der Waals surface area contributed by atoms with E-state index in [1.807, 2.05) is 32.6 Å². The van der Waals surface area contributed by atoms with Crippen LogP contribution in [0.2, 0.25) is 0 Å². The van der Waals surface area contributed by atoms with E-state index in [4.69, 9.17) is 9.47 Å². The molecule has 6 nitrogen and oxygen atoms in total. The average Bonchev–Trinajstić information content (AvgIpc) is 2.54. The molecule has 0 atom stereocenters. The quantitative estimate of drug-likeness (QED) is 0.739. The molecular weight excluding hydrogens is 308 g/mol. The molecule has 0 aromatic heterocycles. The van der Waals surface area contributed by atoms with E-state index in [2.05, 4.69) is 4.90 Å². The summed E-state index contributed by atoms with van der Waals surface area (Å²) >= 11 is 0. The predicted octanol–water partition coefficient (Wildman–Crippen LogP) is 2.66. The molecule has 0 radical (unpaired) electrons. The van der Waals surface area contributed by atoms with Crippen molar-refractivity contribution in [1.29, 1.82) is 0 Å². The first-order valence-corrected chi connectivity index (χ1v) is 9.18. The van der Waals surface area contributed by atoms with E-state index in [9.17, 15) is 9.59 Å². The van der Waals surface area contributed by atoms with E-state index in [1.165, 1.54) is 0 Å². The Kier molecular flexibility index (Phi) is 6.49. The fourth-order valence-electron chi connectivity index (χ4n) is 3.50. The molecule has 1 amide bonds. The highest BCUT2D eigenvalue weighted by Crippen LogP contribution is 2.25. The fraction of sp³-hybridized carbons (Fsp3) is 0.889. The highest BCUT2D eigenvalue weighted by molar-refractivity contribution is 5.72. The van der Waals surface area contributed by atoms with Crippen LogP contribution in [0.3, 0.4) is 0 Å². The first-order valence-electron chi connectivity index (χ1n) is 9.18. The van der Waals surface area contributed by atoms with Crippen LogP contribution in [0, 0.1) is 5.92 Å². The minimum atomic E-state index is -0.442. The second-order valence-corrected chi connectivity index (χ2v) is 7.76. The third-order valence-electron chi connectivity index (χ3n) is 4.78. The van der Waals surface area contributed by atoms with Gasteiger partial charge in [-0.05, 0) is 66.5 Å². The van der Waals surface area contributed by atoms with Gasteiger partial charge in [0.25, 0.3) is 0 Å². The third kappa shape index (κ3) is 5.36. The number of carbonyl (C=O) groups excluding carboxylic acids is 2. The lowest BCUT2D eigenvalue weighted by Gasteiger charge is -2.41. The smallest absolute Gasteiger partial charge is 0.410 e. The molecular formula is C18H32N2O4. The molecule has 138 valence electrons. The van der Waals surface area contributed by atoms with E-state index in [0.29, 0.717) is 12.6 Å². The second kappa shape index (κ2) is 8.19. The summed E-state index contributed by atoms with van der Waals surface area (Å²) in [5.41, 5.74) is -0.442. The molecule has 0 bridgehead atoms. The molecule has 2 fully saturated rings. The lowest BCUT2D eigenvalue weighted by atomic mass is 9.93. The van der Waals surface area contributed by atoms with Crippen LogP contribution in [0.5, 0.6) is 0 Å². The summed E-state index contributed by atoms with van der Waals surface area (Å²) in [6, 6.07) is 0.506. The van der Waals surface area contributed by atoms with Crippen molar-refractivity contribution in [3.05, 3.63) is 0 Å². The predicted molar refractivity (Wildman–Crippen MR) is 91.8 cm³/mol. The Morgan fingerprint density at radius 1 is 1.00 bits per heavy atom. The third-order valence-corrected chi connectivity index (χ3v) is 4.78. The monoisotopic (exact) mass is 340 g/mol. The van der Waals surface area contributed by atoms with E-state index < -0.39 is 5.60 Å². The highest BCUT2D eigenvalue weighted by Gasteiger charge is 2.33. The minimum absolute atomic E-state index is 0.0445. The van der Waals surface area contributed by atoms with Gasteiger partial charge in [0.15, 0.2) is 0 Å². The SMILES string of the molecule is CCOC(=O)C1CCN(C2CCN(C(=O)OC(C)(C)C)CC2)CC1. The summed E-state index contributed by atoms with van der Waals surface area (Å²) in [4.78, 5) is 28.2. The van der Waals surface area contributed by atoms with E-state index in [1.54, 1.807) is 0 Å². The van der Waals surface area contributed by atoms with Gasteiger partial charge >= 0.3 is 12.1 Å². The van der Waals surface area contributed by atoms with Crippen LogP contribution in [0.25, 0.3) is 0 Å². The van der Waals surface area contributed by atoms with Gasteiger partial charge in [-0.15, -0.1) is 0 Å². The van der Waals surface area contributed by atoms with Gasteiger partial charge in [0.05, 0.1) is 12.5 Å². The van der Waals surface area contributed by atoms with Crippen LogP contribution >= 0.6 is 0 Å². The van der Waals surface area contributed by atoms with Crippen LogP contribution in [-0.2, 0) is 14.3 Å². The number of hydrogen-bond acceptors (Lipinski definition) is 5. The van der Waals surface area contributed by atoms with Gasteiger partial charge in [-0.2, -0.15) is 0 Å². The Morgan fingerprint density at radius 2 is 1.58 bits per heavy atom. The molecule has 0 unspecified atom stereocenters. The summed E-state index contributed by atoms with van der Waals surface area (Å²) in [6.45, 7) is 11.4. The van der Waals surface area contributed by atoms with Crippen molar-refractivity contribution in [2.75, 3.05) is 32.8 Å². The Balaban J connectivity index is 1.74. The average molecular weight is 340 g/mol. The molecule has 0 aromatic rings. The number of rotatable bonds is 3. The summed E-state index contributed by atoms with van der Waals surface area (Å²) < 4.78 is 10.6. The first-order chi connectivity index (χ1) is 11.3. The summed E-state index contributed by atoms with van der Waals surface area (Å²) in [5.74, 6) is 0.0138. The molecule has 2 aliphatic rings. The zero-order chi connectivity index (χ0) is 17.7. The van der Waals surface area contributed by atoms with Gasteiger partial charge < -0.3 is 19.3 Å². The van der Waals surface area contributed by atoms with Crippen molar-refractivity contribution in [2.45, 2.75) is 65.0 Å². The van der Waals surface area contributed by atoms with Crippen molar-refractivity contribution in [3.63, 3.8) is 0 Å². The zero-order valence-electron chi connectivity index (χ0n) is 15.5. The van der Waals surface area contributed by atoms with Gasteiger partial charge in [0, 0.05) is 19.1 Å². The number of ether oxygens (including phenoxy) is 2. The van der Waals surface area contributed by atoms with Gasteiger partial charge in [0.1, 0.15) is 5.60 Å². The Bertz CT molecular complexity index is 431. The Hall–Kier alpha value is -1.30. The molecule has 0 aromatic carbocycles. The standard InChI is InChI=1S/C18H32N2O4/c1-5-23-16(21)14-6-10-19(11-7-14)15-8-12-20(13-9-15)17(22)24-18(2,3)4/h14-15H,5-13H2,1-4H3. The highest BCUT2D eigenvalue weighted by atomic mass is 16.6. The Morgan fingerprint density at radius 3 is 2.08 bits per heavy atom. The van der Waals surface area contributed by atoms with Gasteiger partial charge in [0.2, 0.25) is 0 Å². The molecule has 24 heavy (non-hydrogen) atoms. The van der Waals surface area contributed by atoms with E-state index in [0.717, 1.165) is 51.9 Å². The van der Waals surface area contributed by atoms with Crippen molar-refractivity contribution in [1.82, 2.24) is 9.80 Å². The largest absolute Gasteiger partial charge is 0.466 e. The lowest BCUT2D eigenvalue weighted by Crippen LogP contribution is -2.50. The van der Waals surface area contributed by atoms with Crippen molar-refractivity contribution >= 4 is 12.1 Å². The summed E-state index contributed by atoms with van der Waals surface area (Å²) in [7, 11) is 0. The van der Waals surface area contributed by atoms with Gasteiger partial charge in [-0.1, -0.05) is 0 Å². The molecule has 2 saturated heterocycles. The maximum absolute atomic E-state index is 12.1. The first kappa shape index (κ1) is 19.0. The number of nitrogens with zero attached hydrogens (tertiary/aromatic N) is 2. The van der Waals surface area contributed by atoms with Crippen LogP contribution in [-0.4, -0.2) is 66.3 Å². The number of piperidine rings is 2. The number of hydrogen-bond donors (Lipinski definition) is 0. The van der Waals surface area contributed by atoms with E-state index >= 15 is 0 Å². The molecule has 0 aliphatic carbocycles. The molecule has 0 N–H and O–H groups in total. The fourth-order valence-corrected chi connectivity index (χ4v) is 3.50. The number of amides is 1. The maximum atomic E-state index is 12.1. The van der Waals surface area contributed by atoms with Crippen molar-refractivity contribution < 1.29 is 19.1 Å². The van der Waals surface area contributed by atoms with Crippen LogP contribution in [0.4, 0.5) is 4.79 Å². The Labute approximate surface area is 145 Å². The van der Waals surface area contributed by atoms with Gasteiger partial charge in [-0.3, -0.25) is 4.79 Å². The zero-order valence-corrected chi connectivity index (χ0v) is 15.5. The molecule has 0 saturated carbocycles. The van der Waals surface area contributed by atoms with E-state index in [-0.39, 0.29) is 18.0 Å². The summed E-state index contributed by atoms with van der Waals surface area (Å²) in [5, 5.41) is 0. The number of esters is 1. The maximum Gasteiger partial charge on any atom is 0.410 e. The van der Waals surface area contributed by atoms with Crippen LogP contribution < -0.4 is 0 Å². The topological polar surface area (TPSA) is 59.1 Å². The molecule has 0 spiro atoms. The normalized spacial score (nSPS) is 21.6. The van der Waals surface area contributed by atoms with Crippen LogP contribution in [0.1, 0.15) is 53.4 Å². The molecule has 2 rings (SSSR count). The van der Waals surface area contributed by atoms with Crippen LogP contribution in [0.15, 0.2) is 0 Å². The van der Waals surface area contributed by atoms with Gasteiger partial charge in [-0.25, -0.2) is 4.79 Å². The van der Waals surface area contributed by atoms with Crippen molar-refractivity contribution in [2.24, 2.45) is 5.92 Å². The molecule has 6 heteroatoms. The summed E-state index contributed by atoms with van der Waals surface area (Å²) in [6.07, 6.45) is 3.50.